The monoisotopic (exact) mass is 1300 g/mol. The highest BCUT2D eigenvalue weighted by Crippen LogP contribution is 2.65. The van der Waals surface area contributed by atoms with Crippen LogP contribution in [0.3, 0.4) is 0 Å². The molecule has 0 bridgehead atoms. The van der Waals surface area contributed by atoms with Crippen molar-refractivity contribution < 1.29 is 180 Å². The quantitative estimate of drug-likeness (QED) is 0.0650. The van der Waals surface area contributed by atoms with Crippen molar-refractivity contribution in [2.75, 3.05) is 13.6 Å². The Morgan fingerprint density at radius 1 is 0.342 bits per heavy atom. The van der Waals surface area contributed by atoms with E-state index < -0.39 is 187 Å². The molecule has 0 saturated heterocycles. The minimum Gasteiger partial charge on any atom is -0.207 e. The molecule has 1 aromatic carbocycles. The van der Waals surface area contributed by atoms with E-state index in [1.165, 1.54) is 6.92 Å². The number of alkyl halides is 39. The van der Waals surface area contributed by atoms with Crippen molar-refractivity contribution in [3.8, 4) is 0 Å². The van der Waals surface area contributed by atoms with Crippen LogP contribution in [0.25, 0.3) is 0 Å². The smallest absolute Gasteiger partial charge is 0.207 e. The standard InChI is InChI=1S/C35H28F39NO2SSi/c1-16-4-6-17(7-5-16)78(76,77)75(2)11-3-12-79(13-8-18(36,37)21(42,43)24(48,49)27(54,55)30(60,61)33(66,67)68,14-9-19(38,39)22(44,45)25(50,51)28(56,57)31(62,63)34(69,70)71)15-10-20(40,41)23(46,47)26(52,53)29(58,59)32(64,65)35(72,73)74/h4-7H,3,8-15H2,1-2H3. The van der Waals surface area contributed by atoms with Crippen molar-refractivity contribution in [2.45, 2.75) is 169 Å². The first-order chi connectivity index (χ1) is 34.0. The van der Waals surface area contributed by atoms with E-state index in [-0.39, 0.29) is 16.9 Å². The van der Waals surface area contributed by atoms with E-state index in [4.69, 9.17) is 0 Å². The van der Waals surface area contributed by atoms with Crippen LogP contribution in [-0.4, -0.2) is 142 Å². The van der Waals surface area contributed by atoms with Crippen LogP contribution in [0.5, 0.6) is 0 Å². The fraction of sp³-hybridized carbons (Fsp3) is 0.829. The van der Waals surface area contributed by atoms with Crippen molar-refractivity contribution in [3.63, 3.8) is 0 Å². The lowest BCUT2D eigenvalue weighted by molar-refractivity contribution is -0.440. The molecule has 0 spiro atoms. The zero-order chi connectivity index (χ0) is 63.9. The lowest BCUT2D eigenvalue weighted by Crippen LogP contribution is -2.70. The molecule has 0 heterocycles. The Kier molecular flexibility index (Phi) is 19.6. The van der Waals surface area contributed by atoms with Gasteiger partial charge in [-0.3, -0.25) is 0 Å². The van der Waals surface area contributed by atoms with E-state index in [1.54, 1.807) is 0 Å². The summed E-state index contributed by atoms with van der Waals surface area (Å²) in [6.07, 6.45) is -38.8. The topological polar surface area (TPSA) is 37.4 Å². The van der Waals surface area contributed by atoms with Crippen molar-refractivity contribution in [1.82, 2.24) is 4.31 Å². The molecule has 44 heteroatoms. The summed E-state index contributed by atoms with van der Waals surface area (Å²) in [6.45, 7) is -0.455. The van der Waals surface area contributed by atoms with Gasteiger partial charge in [-0.25, -0.2) is 12.7 Å². The predicted molar refractivity (Wildman–Crippen MR) is 187 cm³/mol. The van der Waals surface area contributed by atoms with Gasteiger partial charge in [0, 0.05) is 32.9 Å². The zero-order valence-electron chi connectivity index (χ0n) is 37.6. The Labute approximate surface area is 414 Å². The molecule has 468 valence electrons. The van der Waals surface area contributed by atoms with Gasteiger partial charge in [0.25, 0.3) is 0 Å². The number of halogens is 39. The summed E-state index contributed by atoms with van der Waals surface area (Å²) in [7, 11) is -11.9. The Hall–Kier alpha value is -3.38. The van der Waals surface area contributed by atoms with Crippen molar-refractivity contribution in [2.24, 2.45) is 0 Å². The van der Waals surface area contributed by atoms with Crippen LogP contribution >= 0.6 is 0 Å². The number of sulfonamides is 1. The lowest BCUT2D eigenvalue weighted by Gasteiger charge is -2.43. The van der Waals surface area contributed by atoms with Crippen molar-refractivity contribution in [3.05, 3.63) is 29.8 Å². The average Bonchev–Trinajstić information content (AvgIpc) is 3.24. The number of aryl methyl sites for hydroxylation is 1. The molecule has 0 radical (unpaired) electrons. The molecule has 1 rings (SSSR count). The summed E-state index contributed by atoms with van der Waals surface area (Å²) in [5, 5.41) is 0. The third-order valence-corrected chi connectivity index (χ3v) is 19.0. The fourth-order valence-electron chi connectivity index (χ4n) is 6.58. The van der Waals surface area contributed by atoms with Gasteiger partial charge in [-0.2, -0.15) is 171 Å². The van der Waals surface area contributed by atoms with Gasteiger partial charge in [0.15, 0.2) is 0 Å². The van der Waals surface area contributed by atoms with Gasteiger partial charge in [0.2, 0.25) is 10.0 Å². The summed E-state index contributed by atoms with van der Waals surface area (Å²) in [4.78, 5) is -0.925. The fourth-order valence-corrected chi connectivity index (χ4v) is 12.7. The second kappa shape index (κ2) is 21.0. The zero-order valence-corrected chi connectivity index (χ0v) is 39.4. The maximum atomic E-state index is 15.2. The number of hydrogen-bond donors (Lipinski definition) is 0. The molecule has 0 atom stereocenters. The first-order valence-electron chi connectivity index (χ1n) is 19.9. The molecule has 3 nitrogen and oxygen atoms in total. The van der Waals surface area contributed by atoms with Gasteiger partial charge in [0.1, 0.15) is 0 Å². The minimum absolute atomic E-state index is 0.165. The van der Waals surface area contributed by atoms with Gasteiger partial charge in [-0.15, -0.1) is 0 Å². The molecule has 79 heavy (non-hydrogen) atoms. The number of benzene rings is 1. The second-order valence-corrected chi connectivity index (χ2v) is 24.3. The minimum atomic E-state index is -8.94. The van der Waals surface area contributed by atoms with Crippen molar-refractivity contribution >= 4 is 18.1 Å². The highest BCUT2D eigenvalue weighted by atomic mass is 32.2. The first-order valence-corrected chi connectivity index (χ1v) is 24.2. The first kappa shape index (κ1) is 73.6. The average molecular weight is 1300 g/mol. The molecular formula is C35H28F39NO2SSi. The number of rotatable bonds is 27. The molecule has 0 N–H and O–H groups in total. The van der Waals surface area contributed by atoms with Gasteiger partial charge in [-0.1, -0.05) is 41.9 Å². The third-order valence-electron chi connectivity index (χ3n) is 11.8. The van der Waals surface area contributed by atoms with E-state index in [9.17, 15) is 153 Å². The Bertz CT molecular complexity index is 2160. The van der Waals surface area contributed by atoms with Crippen LogP contribution < -0.4 is 0 Å². The summed E-state index contributed by atoms with van der Waals surface area (Å²) in [6, 6.07) is -9.27. The van der Waals surface area contributed by atoms with E-state index >= 15 is 26.3 Å². The van der Waals surface area contributed by atoms with Gasteiger partial charge < -0.3 is 0 Å². The van der Waals surface area contributed by atoms with Crippen LogP contribution in [0.2, 0.25) is 24.2 Å². The molecule has 0 unspecified atom stereocenters. The largest absolute Gasteiger partial charge is 0.460 e. The highest BCUT2D eigenvalue weighted by Gasteiger charge is 2.93. The molecular weight excluding hydrogens is 1270 g/mol. The van der Waals surface area contributed by atoms with E-state index in [0.29, 0.717) is 12.1 Å². The Balaban J connectivity index is 4.52. The van der Waals surface area contributed by atoms with Crippen molar-refractivity contribution in [1.29, 1.82) is 0 Å². The van der Waals surface area contributed by atoms with Crippen LogP contribution in [0, 0.1) is 6.92 Å². The number of nitrogens with zero attached hydrogens (tertiary/aromatic N) is 1. The molecule has 0 fully saturated rings. The molecule has 0 aliphatic heterocycles. The summed E-state index contributed by atoms with van der Waals surface area (Å²) >= 11 is 0. The predicted octanol–water partition coefficient (Wildman–Crippen LogP) is 16.8. The van der Waals surface area contributed by atoms with E-state index in [0.717, 1.165) is 12.1 Å². The van der Waals surface area contributed by atoms with E-state index in [2.05, 4.69) is 0 Å². The molecule has 0 aliphatic carbocycles. The van der Waals surface area contributed by atoms with Gasteiger partial charge in [0.05, 0.1) is 13.0 Å². The lowest BCUT2D eigenvalue weighted by atomic mass is 9.93. The van der Waals surface area contributed by atoms with Crippen LogP contribution in [0.4, 0.5) is 171 Å². The molecule has 1 aromatic rings. The maximum Gasteiger partial charge on any atom is 0.460 e. The second-order valence-electron chi connectivity index (χ2n) is 17.2. The molecule has 0 aliphatic rings. The molecule has 0 saturated carbocycles. The van der Waals surface area contributed by atoms with Crippen LogP contribution in [0.15, 0.2) is 29.2 Å². The summed E-state index contributed by atoms with van der Waals surface area (Å²) in [5.74, 6) is -128. The van der Waals surface area contributed by atoms with Gasteiger partial charge in [-0.05, 0) is 25.5 Å². The molecule has 0 aromatic heterocycles. The van der Waals surface area contributed by atoms with E-state index in [1.807, 2.05) is 0 Å². The normalized spacial score (nSPS) is 16.3. The SMILES string of the molecule is Cc1ccc(S(=O)(=O)N(C)CCC[Si](CCC(F)(F)C(F)(F)C(F)(F)C(F)(F)C(F)(F)C(F)(F)F)(CCC(F)(F)C(F)(F)C(F)(F)C(F)(F)C(F)(F)C(F)(F)F)CCC(F)(F)C(F)(F)C(F)(F)C(F)(F)C(F)(F)C(F)(F)F)cc1. The summed E-state index contributed by atoms with van der Waals surface area (Å²) < 4.78 is 571. The Morgan fingerprint density at radius 2 is 0.557 bits per heavy atom. The molecule has 0 amide bonds. The Morgan fingerprint density at radius 3 is 0.772 bits per heavy atom. The number of hydrogen-bond acceptors (Lipinski definition) is 2. The van der Waals surface area contributed by atoms with Crippen LogP contribution in [0.1, 0.15) is 31.2 Å². The van der Waals surface area contributed by atoms with Crippen LogP contribution in [-0.2, 0) is 10.0 Å². The summed E-state index contributed by atoms with van der Waals surface area (Å²) in [5.41, 5.74) is 0.200. The van der Waals surface area contributed by atoms with Gasteiger partial charge >= 0.3 is 107 Å². The third kappa shape index (κ3) is 11.9. The highest BCUT2D eigenvalue weighted by molar-refractivity contribution is 7.89. The maximum absolute atomic E-state index is 15.2.